The van der Waals surface area contributed by atoms with Gasteiger partial charge in [0.15, 0.2) is 0 Å². The van der Waals surface area contributed by atoms with Gasteiger partial charge in [0, 0.05) is 0 Å². The van der Waals surface area contributed by atoms with Gasteiger partial charge in [-0.25, -0.2) is 0 Å². The molecule has 0 fully saturated rings. The van der Waals surface area contributed by atoms with Gasteiger partial charge in [0.25, 0.3) is 0 Å². The molecular formula is C70H48Ag2P2+2. The van der Waals surface area contributed by atoms with Gasteiger partial charge in [0.2, 0.25) is 0 Å². The Labute approximate surface area is 468 Å². The Bertz CT molecular complexity index is 3780. The second-order valence-electron chi connectivity index (χ2n) is 17.9. The Morgan fingerprint density at radius 1 is 0.216 bits per heavy atom. The summed E-state index contributed by atoms with van der Waals surface area (Å²) in [4.78, 5) is 0. The monoisotopic (exact) mass is 1160 g/mol. The van der Waals surface area contributed by atoms with Gasteiger partial charge in [0.05, 0.1) is 0 Å². The smallest absolute Gasteiger partial charge is 0.366 e. The molecule has 13 aromatic rings. The Morgan fingerprint density at radius 3 is 0.703 bits per heavy atom. The molecule has 0 saturated heterocycles. The van der Waals surface area contributed by atoms with Crippen molar-refractivity contribution in [3.8, 4) is 11.8 Å². The first-order valence-electron chi connectivity index (χ1n) is 24.2. The maximum atomic E-state index is 7.24. The van der Waals surface area contributed by atoms with Gasteiger partial charge < -0.3 is 12.8 Å². The Morgan fingerprint density at radius 2 is 0.432 bits per heavy atom. The summed E-state index contributed by atoms with van der Waals surface area (Å²) in [6.07, 6.45) is 14.5. The maximum absolute atomic E-state index is 7.24. The maximum Gasteiger partial charge on any atom is 1.00 e. The van der Waals surface area contributed by atoms with E-state index in [9.17, 15) is 0 Å². The Hall–Kier alpha value is -7.12. The van der Waals surface area contributed by atoms with E-state index in [0.717, 1.165) is 21.9 Å². The van der Waals surface area contributed by atoms with Crippen LogP contribution in [0.2, 0.25) is 0 Å². The van der Waals surface area contributed by atoms with Crippen molar-refractivity contribution in [1.82, 2.24) is 0 Å². The minimum absolute atomic E-state index is 0. The van der Waals surface area contributed by atoms with Crippen molar-refractivity contribution in [1.29, 1.82) is 0 Å². The predicted molar refractivity (Wildman–Crippen MR) is 317 cm³/mol. The van der Waals surface area contributed by atoms with Crippen LogP contribution in [0, 0.1) is 24.7 Å². The second-order valence-corrected chi connectivity index (χ2v) is 22.8. The van der Waals surface area contributed by atoms with Gasteiger partial charge in [0.1, 0.15) is 47.7 Å². The molecule has 0 radical (unpaired) electrons. The molecule has 0 amide bonds. The summed E-state index contributed by atoms with van der Waals surface area (Å²) in [6.45, 7) is 0. The molecule has 0 atom stereocenters. The van der Waals surface area contributed by atoms with Crippen LogP contribution in [0.15, 0.2) is 279 Å². The van der Waals surface area contributed by atoms with Crippen LogP contribution in [0.4, 0.5) is 0 Å². The third-order valence-electron chi connectivity index (χ3n) is 13.3. The van der Waals surface area contributed by atoms with Crippen LogP contribution in [0.25, 0.3) is 64.6 Å². The quantitative estimate of drug-likeness (QED) is 0.0512. The van der Waals surface area contributed by atoms with E-state index >= 15 is 0 Å². The average Bonchev–Trinajstić information content (AvgIpc) is 3.45. The van der Waals surface area contributed by atoms with Crippen molar-refractivity contribution in [2.75, 3.05) is 0 Å². The topological polar surface area (TPSA) is 0 Å². The molecule has 0 aliphatic rings. The van der Waals surface area contributed by atoms with E-state index in [0.29, 0.717) is 0 Å². The van der Waals surface area contributed by atoms with Crippen LogP contribution < -0.4 is 31.8 Å². The summed E-state index contributed by atoms with van der Waals surface area (Å²) < 4.78 is 0. The molecule has 4 heteroatoms. The van der Waals surface area contributed by atoms with Gasteiger partial charge in [-0.05, 0) is 174 Å². The SMILES string of the molecule is [Ag+].[Ag+].[C-]#Cc1ccc2cc3cc4ccccc4cc3cc2c1.[C-]#Cc1ccc2cc3cc4ccccc4cc3cc2c1.c1ccc([PH+](c2ccccc2)c2ccccc2[PH+](c2ccccc2)c2ccccc2)cc1. The van der Waals surface area contributed by atoms with Crippen molar-refractivity contribution in [2.24, 2.45) is 0 Å². The Balaban J connectivity index is 0.000000140. The molecule has 0 spiro atoms. The first-order valence-corrected chi connectivity index (χ1v) is 27.2. The number of hydrogen-bond acceptors (Lipinski definition) is 0. The predicted octanol–water partition coefficient (Wildman–Crippen LogP) is 14.8. The standard InChI is InChI=1S/C30H24P2.2C20H11.2Ag/c1-5-15-25(16-6-1)31(26-17-7-2-8-18-26)29-23-13-14-24-30(29)32(27-19-9-3-10-20-27)28-21-11-4-12-22-28;2*1-2-14-7-8-17-12-19-10-15-5-3-4-6-16(15)11-20(19)13-18(17)9-14;;/h1-24H;2*3-13H;;/q;2*-1;2*+1/p+2. The van der Waals surface area contributed by atoms with Crippen LogP contribution in [0.5, 0.6) is 0 Å². The van der Waals surface area contributed by atoms with Crippen molar-refractivity contribution < 1.29 is 44.8 Å². The molecule has 74 heavy (non-hydrogen) atoms. The molecule has 0 unspecified atom stereocenters. The fraction of sp³-hybridized carbons (Fsp3) is 0. The van der Waals surface area contributed by atoms with E-state index in [4.69, 9.17) is 12.8 Å². The Kier molecular flexibility index (Phi) is 17.0. The van der Waals surface area contributed by atoms with Crippen molar-refractivity contribution in [3.05, 3.63) is 303 Å². The summed E-state index contributed by atoms with van der Waals surface area (Å²) in [6, 6.07) is 100. The van der Waals surface area contributed by atoms with E-state index in [1.165, 1.54) is 85.7 Å². The first-order chi connectivity index (χ1) is 35.6. The number of rotatable bonds is 6. The third kappa shape index (κ3) is 11.5. The van der Waals surface area contributed by atoms with Crippen LogP contribution in [0.3, 0.4) is 0 Å². The molecule has 0 aliphatic carbocycles. The summed E-state index contributed by atoms with van der Waals surface area (Å²) in [7, 11) is -2.28. The molecule has 13 rings (SSSR count). The summed E-state index contributed by atoms with van der Waals surface area (Å²) >= 11 is 0. The zero-order chi connectivity index (χ0) is 48.6. The van der Waals surface area contributed by atoms with E-state index in [-0.39, 0.29) is 44.8 Å². The van der Waals surface area contributed by atoms with Crippen LogP contribution in [0.1, 0.15) is 11.1 Å². The van der Waals surface area contributed by atoms with Crippen molar-refractivity contribution in [3.63, 3.8) is 0 Å². The molecule has 0 nitrogen and oxygen atoms in total. The molecule has 0 saturated carbocycles. The van der Waals surface area contributed by atoms with Crippen LogP contribution in [-0.2, 0) is 44.8 Å². The molecule has 0 aromatic heterocycles. The second kappa shape index (κ2) is 24.3. The van der Waals surface area contributed by atoms with Gasteiger partial charge >= 0.3 is 44.8 Å². The van der Waals surface area contributed by atoms with Crippen LogP contribution >= 0.6 is 15.8 Å². The third-order valence-corrected chi connectivity index (χ3v) is 19.2. The van der Waals surface area contributed by atoms with E-state index in [1.807, 2.05) is 24.3 Å². The minimum atomic E-state index is -1.14. The zero-order valence-corrected chi connectivity index (χ0v) is 45.1. The van der Waals surface area contributed by atoms with Gasteiger partial charge in [-0.3, -0.25) is 11.8 Å². The molecule has 0 N–H and O–H groups in total. The largest absolute Gasteiger partial charge is 1.00 e. The first kappa shape index (κ1) is 51.8. The number of benzene rings is 13. The van der Waals surface area contributed by atoms with Crippen molar-refractivity contribution >= 4 is 112 Å². The number of hydrogen-bond donors (Lipinski definition) is 0. The van der Waals surface area contributed by atoms with Crippen LogP contribution in [-0.4, -0.2) is 0 Å². The van der Waals surface area contributed by atoms with Gasteiger partial charge in [-0.15, -0.1) is 35.4 Å². The van der Waals surface area contributed by atoms with E-state index in [1.54, 1.807) is 0 Å². The van der Waals surface area contributed by atoms with Gasteiger partial charge in [-0.1, -0.05) is 146 Å². The minimum Gasteiger partial charge on any atom is -0.366 e. The summed E-state index contributed by atoms with van der Waals surface area (Å²) in [5.74, 6) is 4.89. The molecule has 0 aliphatic heterocycles. The zero-order valence-electron chi connectivity index (χ0n) is 40.2. The normalized spacial score (nSPS) is 10.7. The molecular weight excluding hydrogens is 1120 g/mol. The van der Waals surface area contributed by atoms with E-state index < -0.39 is 15.8 Å². The van der Waals surface area contributed by atoms with Gasteiger partial charge in [-0.2, -0.15) is 0 Å². The average molecular weight is 1170 g/mol. The van der Waals surface area contributed by atoms with E-state index in [2.05, 4.69) is 267 Å². The summed E-state index contributed by atoms with van der Waals surface area (Å²) in [5, 5.41) is 23.5. The van der Waals surface area contributed by atoms with Crippen molar-refractivity contribution in [2.45, 2.75) is 0 Å². The fourth-order valence-corrected chi connectivity index (χ4v) is 15.8. The molecule has 13 aromatic carbocycles. The number of fused-ring (bicyclic) bond motifs is 6. The summed E-state index contributed by atoms with van der Waals surface area (Å²) in [5.41, 5.74) is 1.63. The molecule has 0 bridgehead atoms. The fourth-order valence-electron chi connectivity index (χ4n) is 9.83. The molecule has 358 valence electrons. The molecule has 0 heterocycles.